The van der Waals surface area contributed by atoms with Crippen molar-refractivity contribution < 1.29 is 8.42 Å². The van der Waals surface area contributed by atoms with E-state index in [0.29, 0.717) is 20.6 Å². The van der Waals surface area contributed by atoms with Crippen LogP contribution in [-0.2, 0) is 10.0 Å². The van der Waals surface area contributed by atoms with Gasteiger partial charge >= 0.3 is 0 Å². The lowest BCUT2D eigenvalue weighted by atomic mass is 10.2. The summed E-state index contributed by atoms with van der Waals surface area (Å²) in [4.78, 5) is 3.93. The van der Waals surface area contributed by atoms with E-state index >= 15 is 0 Å². The van der Waals surface area contributed by atoms with Crippen molar-refractivity contribution in [3.8, 4) is 0 Å². The average Bonchev–Trinajstić information content (AvgIpc) is 2.35. The minimum atomic E-state index is -3.89. The molecular weight excluding hydrogens is 399 g/mol. The summed E-state index contributed by atoms with van der Waals surface area (Å²) in [5, 5.41) is 0.499. The number of benzene rings is 1. The van der Waals surface area contributed by atoms with Crippen LogP contribution in [0.1, 0.15) is 11.1 Å². The Morgan fingerprint density at radius 3 is 2.52 bits per heavy atom. The quantitative estimate of drug-likeness (QED) is 0.807. The Balaban J connectivity index is 2.55. The highest BCUT2D eigenvalue weighted by molar-refractivity contribution is 9.10. The molecule has 1 heterocycles. The summed E-state index contributed by atoms with van der Waals surface area (Å²) in [6.45, 7) is 3.31. The molecule has 21 heavy (non-hydrogen) atoms. The van der Waals surface area contributed by atoms with Crippen LogP contribution in [0.15, 0.2) is 33.8 Å². The third-order valence-electron chi connectivity index (χ3n) is 2.82. The molecule has 0 spiro atoms. The van der Waals surface area contributed by atoms with Crippen LogP contribution in [0.3, 0.4) is 0 Å². The van der Waals surface area contributed by atoms with E-state index in [1.165, 1.54) is 6.20 Å². The van der Waals surface area contributed by atoms with E-state index in [1.807, 2.05) is 0 Å². The predicted molar refractivity (Wildman–Crippen MR) is 88.7 cm³/mol. The minimum absolute atomic E-state index is 0.0315. The van der Waals surface area contributed by atoms with Gasteiger partial charge in [-0.2, -0.15) is 0 Å². The average molecular weight is 410 g/mol. The maximum atomic E-state index is 12.5. The van der Waals surface area contributed by atoms with Gasteiger partial charge in [-0.05, 0) is 43.2 Å². The number of aromatic nitrogens is 1. The Bertz CT molecular complexity index is 784. The van der Waals surface area contributed by atoms with Crippen molar-refractivity contribution >= 4 is 55.0 Å². The van der Waals surface area contributed by atoms with Crippen LogP contribution in [0.25, 0.3) is 0 Å². The fourth-order valence-corrected chi connectivity index (χ4v) is 4.33. The summed E-state index contributed by atoms with van der Waals surface area (Å²) in [6, 6.07) is 4.88. The number of hydrogen-bond acceptors (Lipinski definition) is 3. The normalized spacial score (nSPS) is 11.5. The molecule has 0 aliphatic carbocycles. The highest BCUT2D eigenvalue weighted by Gasteiger charge is 2.24. The molecule has 0 unspecified atom stereocenters. The lowest BCUT2D eigenvalue weighted by Gasteiger charge is -2.14. The van der Waals surface area contributed by atoms with E-state index in [4.69, 9.17) is 23.2 Å². The maximum Gasteiger partial charge on any atom is 0.264 e. The predicted octanol–water partition coefficient (Wildman–Crippen LogP) is 4.57. The summed E-state index contributed by atoms with van der Waals surface area (Å²) in [5.41, 5.74) is 0.990. The standard InChI is InChI=1S/C13H11BrCl2N2O2S/c1-7-5-10(15)8(2)13(12(7)16)21(19,20)18-11-6-9(14)3-4-17-11/h3-6H,1-2H3,(H,17,18). The van der Waals surface area contributed by atoms with Crippen LogP contribution in [0.4, 0.5) is 5.82 Å². The SMILES string of the molecule is Cc1cc(Cl)c(C)c(S(=O)(=O)Nc2cc(Br)ccn2)c1Cl. The molecule has 0 aliphatic heterocycles. The van der Waals surface area contributed by atoms with Crippen molar-refractivity contribution in [2.24, 2.45) is 0 Å². The van der Waals surface area contributed by atoms with E-state index in [9.17, 15) is 8.42 Å². The number of rotatable bonds is 3. The van der Waals surface area contributed by atoms with Gasteiger partial charge in [-0.1, -0.05) is 39.1 Å². The number of nitrogens with zero attached hydrogens (tertiary/aromatic N) is 1. The molecule has 112 valence electrons. The van der Waals surface area contributed by atoms with Gasteiger partial charge in [-0.25, -0.2) is 13.4 Å². The zero-order valence-corrected chi connectivity index (χ0v) is 15.0. The summed E-state index contributed by atoms with van der Waals surface area (Å²) in [6.07, 6.45) is 1.49. The zero-order valence-electron chi connectivity index (χ0n) is 11.1. The van der Waals surface area contributed by atoms with Gasteiger partial charge in [0.05, 0.1) is 5.02 Å². The van der Waals surface area contributed by atoms with Crippen molar-refractivity contribution in [2.45, 2.75) is 18.7 Å². The number of pyridine rings is 1. The van der Waals surface area contributed by atoms with Crippen LogP contribution in [0, 0.1) is 13.8 Å². The highest BCUT2D eigenvalue weighted by Crippen LogP contribution is 2.34. The lowest BCUT2D eigenvalue weighted by Crippen LogP contribution is -2.16. The van der Waals surface area contributed by atoms with Crippen molar-refractivity contribution in [2.75, 3.05) is 4.72 Å². The molecule has 0 amide bonds. The van der Waals surface area contributed by atoms with Crippen LogP contribution in [0.2, 0.25) is 10.0 Å². The number of hydrogen-bond donors (Lipinski definition) is 1. The highest BCUT2D eigenvalue weighted by atomic mass is 79.9. The van der Waals surface area contributed by atoms with E-state index in [0.717, 1.165) is 0 Å². The summed E-state index contributed by atoms with van der Waals surface area (Å²) in [5.74, 6) is 0.192. The first-order chi connectivity index (χ1) is 9.72. The molecule has 0 radical (unpaired) electrons. The third-order valence-corrected chi connectivity index (χ3v) is 5.83. The first-order valence-electron chi connectivity index (χ1n) is 5.82. The molecule has 0 fully saturated rings. The molecule has 2 rings (SSSR count). The molecule has 1 aromatic carbocycles. The first-order valence-corrected chi connectivity index (χ1v) is 8.85. The molecule has 2 aromatic rings. The molecule has 8 heteroatoms. The fourth-order valence-electron chi connectivity index (χ4n) is 1.78. The second-order valence-electron chi connectivity index (χ2n) is 4.41. The molecule has 0 bridgehead atoms. The van der Waals surface area contributed by atoms with Crippen molar-refractivity contribution in [3.63, 3.8) is 0 Å². The minimum Gasteiger partial charge on any atom is -0.263 e. The molecule has 0 saturated carbocycles. The Morgan fingerprint density at radius 2 is 1.90 bits per heavy atom. The van der Waals surface area contributed by atoms with E-state index in [2.05, 4.69) is 25.6 Å². The largest absolute Gasteiger partial charge is 0.264 e. The lowest BCUT2D eigenvalue weighted by molar-refractivity contribution is 0.600. The Hall–Kier alpha value is -0.820. The summed E-state index contributed by atoms with van der Waals surface area (Å²) in [7, 11) is -3.89. The molecule has 0 aliphatic rings. The number of halogens is 3. The summed E-state index contributed by atoms with van der Waals surface area (Å²) < 4.78 is 28.2. The molecule has 1 aromatic heterocycles. The van der Waals surface area contributed by atoms with Gasteiger partial charge in [0.25, 0.3) is 10.0 Å². The van der Waals surface area contributed by atoms with E-state index in [1.54, 1.807) is 32.0 Å². The van der Waals surface area contributed by atoms with Crippen LogP contribution >= 0.6 is 39.1 Å². The molecule has 4 nitrogen and oxygen atoms in total. The van der Waals surface area contributed by atoms with Crippen LogP contribution < -0.4 is 4.72 Å². The van der Waals surface area contributed by atoms with Gasteiger partial charge in [0.15, 0.2) is 0 Å². The monoisotopic (exact) mass is 408 g/mol. The van der Waals surface area contributed by atoms with Crippen molar-refractivity contribution in [1.29, 1.82) is 0 Å². The summed E-state index contributed by atoms with van der Waals surface area (Å²) >= 11 is 15.5. The number of anilines is 1. The van der Waals surface area contributed by atoms with Gasteiger partial charge in [0.1, 0.15) is 10.7 Å². The third kappa shape index (κ3) is 3.51. The maximum absolute atomic E-state index is 12.5. The number of sulfonamides is 1. The molecular formula is C13H11BrCl2N2O2S. The Labute approximate surface area is 141 Å². The van der Waals surface area contributed by atoms with Gasteiger partial charge < -0.3 is 0 Å². The Kier molecular flexibility index (Phi) is 4.82. The molecule has 1 N–H and O–H groups in total. The smallest absolute Gasteiger partial charge is 0.263 e. The second kappa shape index (κ2) is 6.12. The Morgan fingerprint density at radius 1 is 1.24 bits per heavy atom. The topological polar surface area (TPSA) is 59.1 Å². The van der Waals surface area contributed by atoms with Gasteiger partial charge in [0.2, 0.25) is 0 Å². The zero-order chi connectivity index (χ0) is 15.8. The number of aryl methyl sites for hydroxylation is 1. The number of nitrogens with one attached hydrogen (secondary N) is 1. The molecule has 0 atom stereocenters. The van der Waals surface area contributed by atoms with Crippen LogP contribution in [-0.4, -0.2) is 13.4 Å². The van der Waals surface area contributed by atoms with Crippen molar-refractivity contribution in [1.82, 2.24) is 4.98 Å². The van der Waals surface area contributed by atoms with Crippen LogP contribution in [0.5, 0.6) is 0 Å². The second-order valence-corrected chi connectivity index (χ2v) is 7.73. The first kappa shape index (κ1) is 16.5. The van der Waals surface area contributed by atoms with E-state index in [-0.39, 0.29) is 15.7 Å². The van der Waals surface area contributed by atoms with Gasteiger partial charge in [-0.3, -0.25) is 4.72 Å². The fraction of sp³-hybridized carbons (Fsp3) is 0.154. The van der Waals surface area contributed by atoms with E-state index < -0.39 is 10.0 Å². The van der Waals surface area contributed by atoms with Crippen molar-refractivity contribution in [3.05, 3.63) is 50.0 Å². The van der Waals surface area contributed by atoms with Gasteiger partial charge in [-0.15, -0.1) is 0 Å². The van der Waals surface area contributed by atoms with Gasteiger partial charge in [0, 0.05) is 15.7 Å². The molecule has 0 saturated heterocycles.